The van der Waals surface area contributed by atoms with E-state index in [0.717, 1.165) is 50.0 Å². The predicted octanol–water partition coefficient (Wildman–Crippen LogP) is 6.54. The molecule has 38 nitrogen and oxygen atoms in total. The molecule has 123 heavy (non-hydrogen) atoms. The second-order valence-corrected chi connectivity index (χ2v) is 31.2. The number of pyridine rings is 2. The van der Waals surface area contributed by atoms with Gasteiger partial charge in [0.1, 0.15) is 66.2 Å². The van der Waals surface area contributed by atoms with Crippen LogP contribution in [0.25, 0.3) is 0 Å². The predicted molar refractivity (Wildman–Crippen MR) is 427 cm³/mol. The first-order valence-corrected chi connectivity index (χ1v) is 40.7. The van der Waals surface area contributed by atoms with Crippen molar-refractivity contribution < 1.29 is 134 Å². The van der Waals surface area contributed by atoms with Gasteiger partial charge in [-0.25, -0.2) is 72.3 Å². The number of anilines is 7. The molecule has 7 N–H and O–H groups in total. The molecule has 45 heteroatoms. The summed E-state index contributed by atoms with van der Waals surface area (Å²) in [5.74, 6) is -7.52. The first-order chi connectivity index (χ1) is 58.1. The molecule has 0 spiro atoms. The van der Waals surface area contributed by atoms with Crippen molar-refractivity contribution in [3.8, 4) is 0 Å². The Balaban J connectivity index is 0.000000191. The van der Waals surface area contributed by atoms with Crippen molar-refractivity contribution >= 4 is 138 Å². The first-order valence-electron chi connectivity index (χ1n) is 36.7. The molecular weight excluding hydrogens is 1680 g/mol. The summed E-state index contributed by atoms with van der Waals surface area (Å²) in [6.45, 7) is 8.44. The van der Waals surface area contributed by atoms with Gasteiger partial charge < -0.3 is 65.1 Å². The molecule has 5 fully saturated rings. The van der Waals surface area contributed by atoms with Crippen molar-refractivity contribution in [2.45, 2.75) is 77.5 Å². The second-order valence-electron chi connectivity index (χ2n) is 27.3. The summed E-state index contributed by atoms with van der Waals surface area (Å²) >= 11 is 0. The lowest BCUT2D eigenvalue weighted by Crippen LogP contribution is -2.33. The lowest BCUT2D eigenvalue weighted by atomic mass is 10.1. The van der Waals surface area contributed by atoms with Gasteiger partial charge in [0, 0.05) is 76.8 Å². The van der Waals surface area contributed by atoms with Crippen molar-refractivity contribution in [3.05, 3.63) is 197 Å². The van der Waals surface area contributed by atoms with E-state index in [1.807, 2.05) is 4.72 Å². The van der Waals surface area contributed by atoms with Crippen LogP contribution in [0, 0.1) is 29.1 Å². The van der Waals surface area contributed by atoms with Crippen LogP contribution in [-0.2, 0) is 89.4 Å². The topological polar surface area (TPSA) is 481 Å². The average molecular weight is 1760 g/mol. The number of hydrogen-bond acceptors (Lipinski definition) is 26. The minimum absolute atomic E-state index is 0.0186. The molecule has 2 aromatic heterocycles. The Hall–Kier alpha value is -14.1. The van der Waals surface area contributed by atoms with Crippen LogP contribution in [0.3, 0.4) is 0 Å². The SMILES string of the molecule is CC(=O)NC[C@H]1CN(c2ccc(C(=O)OCc3cccnc3)c(F)c2)C(=O)O1.CC(=O)NC[C@H]1CN(c2ccc(CS(C)(=O)=O)c(F)c2)C(=O)O1.CC(=O)NC[C@H]1CN(c2ccc(NC(=O)c3cccnc3)c(F)c2)C(=O)O1.CC(=O)NC[C@H]1CN(c2ccc(NS(C)(=O)=O)c(F)c2)C(=O)O1.COC(=O)c1ccc(N2C[C@H](CNC(C)=O)OC2=O)cc1F. The number of benzene rings is 5. The van der Waals surface area contributed by atoms with Gasteiger partial charge in [-0.15, -0.1) is 0 Å². The maximum Gasteiger partial charge on any atom is 0.414 e. The number of halogens is 5. The van der Waals surface area contributed by atoms with Crippen LogP contribution >= 0.6 is 0 Å². The number of amides is 11. The van der Waals surface area contributed by atoms with Crippen LogP contribution < -0.4 is 61.1 Å². The van der Waals surface area contributed by atoms with Crippen molar-refractivity contribution in [2.24, 2.45) is 0 Å². The fraction of sp³-hybridized carbons (Fsp3) is 0.321. The molecule has 5 saturated heterocycles. The van der Waals surface area contributed by atoms with E-state index in [1.165, 1.54) is 132 Å². The zero-order valence-corrected chi connectivity index (χ0v) is 68.4. The Morgan fingerprint density at radius 3 is 1.07 bits per heavy atom. The number of sulfonamides is 1. The summed E-state index contributed by atoms with van der Waals surface area (Å²) in [5, 5.41) is 15.2. The van der Waals surface area contributed by atoms with Gasteiger partial charge in [-0.3, -0.25) is 68.0 Å². The van der Waals surface area contributed by atoms with Crippen molar-refractivity contribution in [2.75, 3.05) is 120 Å². The van der Waals surface area contributed by atoms with Gasteiger partial charge in [0.15, 0.2) is 9.84 Å². The van der Waals surface area contributed by atoms with Crippen LogP contribution in [-0.4, -0.2) is 220 Å². The van der Waals surface area contributed by atoms with Crippen LogP contribution in [0.4, 0.5) is 85.7 Å². The lowest BCUT2D eigenvalue weighted by Gasteiger charge is -2.14. The van der Waals surface area contributed by atoms with Gasteiger partial charge in [-0.1, -0.05) is 12.1 Å². The summed E-state index contributed by atoms with van der Waals surface area (Å²) in [5.41, 5.74) is 1.64. The minimum atomic E-state index is -3.60. The zero-order valence-electron chi connectivity index (χ0n) is 66.8. The molecule has 0 unspecified atom stereocenters. The van der Waals surface area contributed by atoms with Gasteiger partial charge in [0.25, 0.3) is 5.91 Å². The zero-order chi connectivity index (χ0) is 90.2. The van der Waals surface area contributed by atoms with Gasteiger partial charge >= 0.3 is 42.4 Å². The number of methoxy groups -OCH3 is 1. The highest BCUT2D eigenvalue weighted by Gasteiger charge is 2.38. The Morgan fingerprint density at radius 1 is 0.431 bits per heavy atom. The fourth-order valence-electron chi connectivity index (χ4n) is 11.5. The number of carbonyl (C=O) groups is 13. The van der Waals surface area contributed by atoms with E-state index in [4.69, 9.17) is 28.4 Å². The standard InChI is InChI=1S/C19H18FN3O5.C18H17FN4O4.C14H17FN2O5S.C14H15FN2O5.C13H16FN3O5S/c1-12(24)22-9-15-10-23(19(26)28-15)14-4-5-16(17(20)7-14)18(25)27-11-13-3-2-6-21-8-13;1-11(24)21-9-14-10-23(18(26)27-14)13-4-5-16(15(19)7-13)22-17(25)12-3-2-6-20-8-12;1-9(18)16-6-12-7-17(14(19)22-12)11-4-3-10(13(15)5-11)8-23(2,20)21;1-8(18)16-6-10-7-17(14(20)22-10)9-3-4-11(12(15)5-9)13(19)21-2;1-8(18)15-6-10-7-17(13(19)22-10)9-3-4-12(11(14)5-9)16-23(2,20)21/h2-8,15H,9-11H2,1H3,(H,22,24);2-8,14H,9-10H2,1H3,(H,21,24)(H,22,25);3-5,12H,6-8H2,1-2H3,(H,16,18);3-5,10H,6-7H2,1-2H3,(H,16,18);3-5,10,16H,6-7H2,1-2H3,(H,15,18)/t15-;14-;12-;2*10-/m00000/s1. The van der Waals surface area contributed by atoms with Crippen LogP contribution in [0.5, 0.6) is 0 Å². The summed E-state index contributed by atoms with van der Waals surface area (Å²) in [4.78, 5) is 163. The van der Waals surface area contributed by atoms with Crippen LogP contribution in [0.2, 0.25) is 0 Å². The number of esters is 2. The Labute approximate surface area is 699 Å². The second kappa shape index (κ2) is 43.2. The molecule has 0 radical (unpaired) electrons. The van der Waals surface area contributed by atoms with E-state index < -0.39 is 134 Å². The van der Waals surface area contributed by atoms with E-state index >= 15 is 0 Å². The van der Waals surface area contributed by atoms with Crippen LogP contribution in [0.15, 0.2) is 140 Å². The quantitative estimate of drug-likeness (QED) is 0.0181. The normalized spacial score (nSPS) is 16.9. The summed E-state index contributed by atoms with van der Waals surface area (Å²) in [7, 11) is -5.80. The van der Waals surface area contributed by atoms with Crippen molar-refractivity contribution in [3.63, 3.8) is 0 Å². The first kappa shape index (κ1) is 94.3. The largest absolute Gasteiger partial charge is 0.465 e. The van der Waals surface area contributed by atoms with Gasteiger partial charge in [0.2, 0.25) is 39.6 Å². The molecule has 7 heterocycles. The maximum absolute atomic E-state index is 14.4. The Bertz CT molecular complexity index is 5240. The molecule has 5 aliphatic heterocycles. The fourth-order valence-corrected chi connectivity index (χ4v) is 12.9. The van der Waals surface area contributed by atoms with Crippen LogP contribution in [0.1, 0.15) is 76.8 Å². The molecule has 0 aliphatic carbocycles. The molecule has 5 aliphatic rings. The van der Waals surface area contributed by atoms with Gasteiger partial charge in [-0.2, -0.15) is 0 Å². The number of aromatic nitrogens is 2. The van der Waals surface area contributed by atoms with E-state index in [1.54, 1.807) is 36.7 Å². The maximum atomic E-state index is 14.4. The van der Waals surface area contributed by atoms with Crippen molar-refractivity contribution in [1.29, 1.82) is 0 Å². The summed E-state index contributed by atoms with van der Waals surface area (Å²) < 4.78 is 152. The number of cyclic esters (lactones) is 5. The monoisotopic (exact) mass is 1760 g/mol. The van der Waals surface area contributed by atoms with E-state index in [2.05, 4.69) is 46.6 Å². The molecule has 5 atom stereocenters. The highest BCUT2D eigenvalue weighted by molar-refractivity contribution is 7.92. The Morgan fingerprint density at radius 2 is 0.764 bits per heavy atom. The number of hydrogen-bond donors (Lipinski definition) is 7. The lowest BCUT2D eigenvalue weighted by molar-refractivity contribution is -0.120. The molecule has 0 saturated carbocycles. The summed E-state index contributed by atoms with van der Waals surface area (Å²) in [6, 6.07) is 25.7. The highest BCUT2D eigenvalue weighted by atomic mass is 32.2. The van der Waals surface area contributed by atoms with E-state index in [9.17, 15) is 101 Å². The molecule has 0 bridgehead atoms. The highest BCUT2D eigenvalue weighted by Crippen LogP contribution is 2.32. The van der Waals surface area contributed by atoms with E-state index in [0.29, 0.717) is 16.8 Å². The van der Waals surface area contributed by atoms with E-state index in [-0.39, 0.29) is 152 Å². The number of sulfone groups is 1. The number of carbonyl (C=O) groups excluding carboxylic acids is 13. The molecule has 11 amide bonds. The Kier molecular flexibility index (Phi) is 33.1. The molecule has 5 aromatic carbocycles. The number of ether oxygens (including phenoxy) is 7. The minimum Gasteiger partial charge on any atom is -0.465 e. The van der Waals surface area contributed by atoms with Gasteiger partial charge in [0.05, 0.1) is 141 Å². The number of nitrogens with one attached hydrogen (secondary N) is 7. The molecule has 7 aromatic rings. The average Bonchev–Trinajstić information content (AvgIpc) is 1.74. The molecule has 656 valence electrons. The summed E-state index contributed by atoms with van der Waals surface area (Å²) in [6.07, 6.45) is 2.11. The molecular formula is C78H83F5N14O24S2. The number of nitrogens with zero attached hydrogens (tertiary/aromatic N) is 7. The van der Waals surface area contributed by atoms with Crippen molar-refractivity contribution in [1.82, 2.24) is 36.6 Å². The third-order valence-electron chi connectivity index (χ3n) is 17.3. The number of rotatable bonds is 25. The smallest absolute Gasteiger partial charge is 0.414 e. The van der Waals surface area contributed by atoms with Gasteiger partial charge in [-0.05, 0) is 103 Å². The third kappa shape index (κ3) is 28.8. The third-order valence-corrected chi connectivity index (χ3v) is 18.7. The molecule has 12 rings (SSSR count).